The summed E-state index contributed by atoms with van der Waals surface area (Å²) in [4.78, 5) is 19.5. The summed E-state index contributed by atoms with van der Waals surface area (Å²) in [5.41, 5.74) is 8.71. The molecule has 0 bridgehead atoms. The van der Waals surface area contributed by atoms with Crippen LogP contribution in [0.25, 0.3) is 45.4 Å². The predicted octanol–water partition coefficient (Wildman–Crippen LogP) is 8.84. The van der Waals surface area contributed by atoms with E-state index in [9.17, 15) is 0 Å². The van der Waals surface area contributed by atoms with Crippen LogP contribution in [0.15, 0.2) is 91.1 Å². The van der Waals surface area contributed by atoms with Gasteiger partial charge in [-0.1, -0.05) is 120 Å². The molecule has 0 amide bonds. The molecule has 0 fully saturated rings. The second-order valence-electron chi connectivity index (χ2n) is 12.3. The minimum absolute atomic E-state index is 0.0770. The maximum atomic E-state index is 4.91. The van der Waals surface area contributed by atoms with Crippen LogP contribution >= 0.6 is 0 Å². The van der Waals surface area contributed by atoms with Crippen molar-refractivity contribution in [1.29, 1.82) is 0 Å². The van der Waals surface area contributed by atoms with Gasteiger partial charge in [0.2, 0.25) is 0 Å². The topological polar surface area (TPSA) is 51.6 Å². The molecular weight excluding hydrogens is 476 g/mol. The normalized spacial score (nSPS) is 12.0. The summed E-state index contributed by atoms with van der Waals surface area (Å²) in [5.74, 6) is 1.91. The molecule has 39 heavy (non-hydrogen) atoms. The lowest BCUT2D eigenvalue weighted by Crippen LogP contribution is -2.10. The quantitative estimate of drug-likeness (QED) is 0.241. The molecule has 0 saturated carbocycles. The van der Waals surface area contributed by atoms with Gasteiger partial charge >= 0.3 is 0 Å². The summed E-state index contributed by atoms with van der Waals surface area (Å²) in [6.07, 6.45) is 1.85. The van der Waals surface area contributed by atoms with Crippen molar-refractivity contribution in [3.8, 4) is 45.4 Å². The second-order valence-corrected chi connectivity index (χ2v) is 12.3. The molecule has 0 spiro atoms. The third-order valence-corrected chi connectivity index (χ3v) is 7.02. The number of nitrogens with zero attached hydrogens (tertiary/aromatic N) is 4. The lowest BCUT2D eigenvalue weighted by atomic mass is 9.86. The van der Waals surface area contributed by atoms with Gasteiger partial charge in [0.1, 0.15) is 0 Å². The number of hydrogen-bond donors (Lipinski definition) is 0. The van der Waals surface area contributed by atoms with Gasteiger partial charge in [0, 0.05) is 28.5 Å². The molecule has 3 aromatic carbocycles. The van der Waals surface area contributed by atoms with Gasteiger partial charge in [0.05, 0.1) is 5.69 Å². The molecule has 0 radical (unpaired) electrons. The van der Waals surface area contributed by atoms with Crippen molar-refractivity contribution in [3.63, 3.8) is 0 Å². The van der Waals surface area contributed by atoms with Crippen LogP contribution < -0.4 is 0 Å². The molecule has 0 aliphatic carbocycles. The van der Waals surface area contributed by atoms with Crippen molar-refractivity contribution in [1.82, 2.24) is 19.9 Å². The fourth-order valence-corrected chi connectivity index (χ4v) is 4.42. The van der Waals surface area contributed by atoms with Crippen molar-refractivity contribution in [2.75, 3.05) is 0 Å². The smallest absolute Gasteiger partial charge is 0.165 e. The molecule has 4 nitrogen and oxygen atoms in total. The van der Waals surface area contributed by atoms with Crippen LogP contribution in [-0.4, -0.2) is 19.9 Å². The second kappa shape index (κ2) is 10.2. The van der Waals surface area contributed by atoms with E-state index in [1.807, 2.05) is 18.3 Å². The van der Waals surface area contributed by atoms with Gasteiger partial charge in [0.15, 0.2) is 17.5 Å². The monoisotopic (exact) mass is 512 g/mol. The van der Waals surface area contributed by atoms with Crippen molar-refractivity contribution >= 4 is 0 Å². The first kappa shape index (κ1) is 26.4. The molecule has 5 rings (SSSR count). The standard InChI is InChI=1S/C35H36N4/c1-23-8-10-24(11-9-23)30-21-16-27(22-36-30)33-38-31(25-12-17-28(18-13-25)34(2,3)4)37-32(39-33)26-14-19-29(20-15-26)35(5,6)7/h8-22H,1-7H3. The summed E-state index contributed by atoms with van der Waals surface area (Å²) in [7, 11) is 0. The minimum Gasteiger partial charge on any atom is -0.255 e. The Hall–Kier alpha value is -4.18. The van der Waals surface area contributed by atoms with E-state index in [0.717, 1.165) is 27.9 Å². The molecule has 0 unspecified atom stereocenters. The first-order valence-electron chi connectivity index (χ1n) is 13.5. The maximum Gasteiger partial charge on any atom is 0.165 e. The van der Waals surface area contributed by atoms with E-state index in [0.29, 0.717) is 17.5 Å². The molecular formula is C35H36N4. The van der Waals surface area contributed by atoms with Gasteiger partial charge < -0.3 is 0 Å². The Bertz CT molecular complexity index is 1490. The third-order valence-electron chi connectivity index (χ3n) is 7.02. The van der Waals surface area contributed by atoms with Gasteiger partial charge in [0.25, 0.3) is 0 Å². The van der Waals surface area contributed by atoms with E-state index in [2.05, 4.69) is 121 Å². The lowest BCUT2D eigenvalue weighted by Gasteiger charge is -2.19. The van der Waals surface area contributed by atoms with E-state index in [-0.39, 0.29) is 10.8 Å². The first-order chi connectivity index (χ1) is 18.5. The van der Waals surface area contributed by atoms with Crippen molar-refractivity contribution in [2.24, 2.45) is 0 Å². The molecule has 2 heterocycles. The number of rotatable bonds is 4. The van der Waals surface area contributed by atoms with Crippen LogP contribution in [-0.2, 0) is 10.8 Å². The molecule has 0 saturated heterocycles. The van der Waals surface area contributed by atoms with Crippen LogP contribution in [0.4, 0.5) is 0 Å². The number of aromatic nitrogens is 4. The summed E-state index contributed by atoms with van der Waals surface area (Å²) < 4.78 is 0. The molecule has 5 aromatic rings. The van der Waals surface area contributed by atoms with Gasteiger partial charge in [-0.3, -0.25) is 4.98 Å². The predicted molar refractivity (Wildman–Crippen MR) is 162 cm³/mol. The molecule has 0 atom stereocenters. The van der Waals surface area contributed by atoms with E-state index < -0.39 is 0 Å². The van der Waals surface area contributed by atoms with Crippen LogP contribution in [0, 0.1) is 6.92 Å². The van der Waals surface area contributed by atoms with Crippen molar-refractivity contribution < 1.29 is 0 Å². The summed E-state index contributed by atoms with van der Waals surface area (Å²) in [5, 5.41) is 0. The van der Waals surface area contributed by atoms with Crippen LogP contribution in [0.2, 0.25) is 0 Å². The highest BCUT2D eigenvalue weighted by atomic mass is 15.0. The maximum absolute atomic E-state index is 4.91. The molecule has 4 heteroatoms. The molecule has 0 aliphatic heterocycles. The Kier molecular flexibility index (Phi) is 6.90. The zero-order chi connectivity index (χ0) is 27.8. The van der Waals surface area contributed by atoms with Crippen molar-refractivity contribution in [3.05, 3.63) is 108 Å². The van der Waals surface area contributed by atoms with Crippen molar-refractivity contribution in [2.45, 2.75) is 59.3 Å². The Balaban J connectivity index is 1.58. The number of aryl methyl sites for hydroxylation is 1. The Morgan fingerprint density at radius 1 is 0.436 bits per heavy atom. The first-order valence-corrected chi connectivity index (χ1v) is 13.5. The lowest BCUT2D eigenvalue weighted by molar-refractivity contribution is 0.590. The zero-order valence-corrected chi connectivity index (χ0v) is 23.9. The van der Waals surface area contributed by atoms with Crippen LogP contribution in [0.3, 0.4) is 0 Å². The molecule has 196 valence electrons. The highest BCUT2D eigenvalue weighted by Gasteiger charge is 2.17. The number of benzene rings is 3. The highest BCUT2D eigenvalue weighted by molar-refractivity contribution is 5.68. The number of pyridine rings is 1. The fourth-order valence-electron chi connectivity index (χ4n) is 4.42. The third kappa shape index (κ3) is 5.96. The highest BCUT2D eigenvalue weighted by Crippen LogP contribution is 2.30. The zero-order valence-electron chi connectivity index (χ0n) is 23.9. The molecule has 2 aromatic heterocycles. The van der Waals surface area contributed by atoms with Gasteiger partial charge in [-0.25, -0.2) is 15.0 Å². The average Bonchev–Trinajstić information content (AvgIpc) is 2.92. The minimum atomic E-state index is 0.0770. The largest absolute Gasteiger partial charge is 0.255 e. The Morgan fingerprint density at radius 3 is 1.21 bits per heavy atom. The Morgan fingerprint density at radius 2 is 0.821 bits per heavy atom. The van der Waals surface area contributed by atoms with Crippen LogP contribution in [0.5, 0.6) is 0 Å². The average molecular weight is 513 g/mol. The number of hydrogen-bond acceptors (Lipinski definition) is 4. The SMILES string of the molecule is Cc1ccc(-c2ccc(-c3nc(-c4ccc(C(C)(C)C)cc4)nc(-c4ccc(C(C)(C)C)cc4)n3)cn2)cc1. The van der Waals surface area contributed by atoms with Gasteiger partial charge in [-0.05, 0) is 41.0 Å². The summed E-state index contributed by atoms with van der Waals surface area (Å²) in [6, 6.07) is 29.5. The fraction of sp³-hybridized carbons (Fsp3) is 0.257. The van der Waals surface area contributed by atoms with E-state index in [1.54, 1.807) is 0 Å². The van der Waals surface area contributed by atoms with Gasteiger partial charge in [-0.2, -0.15) is 0 Å². The molecule has 0 N–H and O–H groups in total. The van der Waals surface area contributed by atoms with E-state index in [1.165, 1.54) is 16.7 Å². The van der Waals surface area contributed by atoms with E-state index in [4.69, 9.17) is 19.9 Å². The molecule has 0 aliphatic rings. The van der Waals surface area contributed by atoms with Crippen LogP contribution in [0.1, 0.15) is 58.2 Å². The van der Waals surface area contributed by atoms with E-state index >= 15 is 0 Å². The Labute approximate surface area is 232 Å². The summed E-state index contributed by atoms with van der Waals surface area (Å²) >= 11 is 0. The summed E-state index contributed by atoms with van der Waals surface area (Å²) in [6.45, 7) is 15.4. The van der Waals surface area contributed by atoms with Gasteiger partial charge in [-0.15, -0.1) is 0 Å².